The lowest BCUT2D eigenvalue weighted by atomic mass is 10.2. The van der Waals surface area contributed by atoms with Crippen LogP contribution in [0.4, 0.5) is 18.3 Å². The fourth-order valence-corrected chi connectivity index (χ4v) is 3.29. The Kier molecular flexibility index (Phi) is 5.10. The van der Waals surface area contributed by atoms with Gasteiger partial charge in [-0.25, -0.2) is 0 Å². The number of halogens is 4. The SMILES string of the molecule is CCn1nc(C(F)(F)F)cc1-c1cnc([N+](=O)Cc2ccc(Cl)cc2)s1. The van der Waals surface area contributed by atoms with Crippen LogP contribution in [0.15, 0.2) is 36.5 Å². The van der Waals surface area contributed by atoms with E-state index in [1.807, 2.05) is 0 Å². The number of thiazole rings is 1. The molecule has 5 nitrogen and oxygen atoms in total. The van der Waals surface area contributed by atoms with Crippen LogP contribution in [-0.2, 0) is 19.3 Å². The van der Waals surface area contributed by atoms with E-state index >= 15 is 0 Å². The van der Waals surface area contributed by atoms with Gasteiger partial charge in [-0.05, 0) is 51.8 Å². The van der Waals surface area contributed by atoms with Crippen LogP contribution in [0.2, 0.25) is 5.02 Å². The molecule has 2 aromatic heterocycles. The zero-order valence-corrected chi connectivity index (χ0v) is 15.1. The highest BCUT2D eigenvalue weighted by molar-refractivity contribution is 7.18. The molecule has 0 radical (unpaired) electrons. The Morgan fingerprint density at radius 2 is 1.96 bits per heavy atom. The molecule has 3 rings (SSSR count). The summed E-state index contributed by atoms with van der Waals surface area (Å²) in [6.45, 7) is 2.02. The van der Waals surface area contributed by atoms with Gasteiger partial charge in [-0.2, -0.15) is 18.3 Å². The maximum atomic E-state index is 12.9. The molecule has 0 aliphatic heterocycles. The third kappa shape index (κ3) is 3.94. The first-order valence-corrected chi connectivity index (χ1v) is 8.77. The Hall–Kier alpha value is -2.26. The molecule has 0 aliphatic rings. The molecule has 0 atom stereocenters. The van der Waals surface area contributed by atoms with Gasteiger partial charge in [0.25, 0.3) is 0 Å². The summed E-state index contributed by atoms with van der Waals surface area (Å²) in [5.41, 5.74) is 0.0621. The van der Waals surface area contributed by atoms with E-state index in [0.717, 1.165) is 23.0 Å². The lowest BCUT2D eigenvalue weighted by Crippen LogP contribution is -2.07. The number of aromatic nitrogens is 3. The highest BCUT2D eigenvalue weighted by Gasteiger charge is 2.35. The van der Waals surface area contributed by atoms with Gasteiger partial charge in [0.15, 0.2) is 18.4 Å². The van der Waals surface area contributed by atoms with E-state index in [2.05, 4.69) is 10.1 Å². The Labute approximate surface area is 155 Å². The number of hydrogen-bond donors (Lipinski definition) is 0. The van der Waals surface area contributed by atoms with Crippen LogP contribution in [-0.4, -0.2) is 19.5 Å². The van der Waals surface area contributed by atoms with Crippen molar-refractivity contribution >= 4 is 28.1 Å². The number of rotatable bonds is 5. The van der Waals surface area contributed by atoms with Gasteiger partial charge in [0.05, 0.1) is 5.69 Å². The van der Waals surface area contributed by atoms with Gasteiger partial charge in [0, 0.05) is 11.6 Å². The molecule has 1 aromatic carbocycles. The average molecular weight is 402 g/mol. The van der Waals surface area contributed by atoms with Crippen molar-refractivity contribution in [2.24, 2.45) is 0 Å². The lowest BCUT2D eigenvalue weighted by molar-refractivity contribution is -0.479. The normalized spacial score (nSPS) is 11.7. The fourth-order valence-electron chi connectivity index (χ4n) is 2.32. The van der Waals surface area contributed by atoms with Crippen molar-refractivity contribution in [3.8, 4) is 10.6 Å². The molecule has 0 amide bonds. The minimum atomic E-state index is -4.53. The first kappa shape index (κ1) is 18.5. The van der Waals surface area contributed by atoms with E-state index in [0.29, 0.717) is 14.7 Å². The van der Waals surface area contributed by atoms with Gasteiger partial charge in [0.1, 0.15) is 4.88 Å². The first-order chi connectivity index (χ1) is 12.3. The average Bonchev–Trinajstić information content (AvgIpc) is 3.22. The molecule has 26 heavy (non-hydrogen) atoms. The van der Waals surface area contributed by atoms with Crippen LogP contribution in [0.1, 0.15) is 18.2 Å². The second-order valence-corrected chi connectivity index (χ2v) is 6.84. The van der Waals surface area contributed by atoms with E-state index in [4.69, 9.17) is 11.6 Å². The third-order valence-electron chi connectivity index (χ3n) is 3.57. The largest absolute Gasteiger partial charge is 0.435 e. The zero-order valence-electron chi connectivity index (χ0n) is 13.5. The number of aryl methyl sites for hydroxylation is 1. The molecule has 0 spiro atoms. The molecule has 136 valence electrons. The molecule has 0 saturated carbocycles. The van der Waals surface area contributed by atoms with Crippen molar-refractivity contribution in [3.05, 3.63) is 57.7 Å². The summed E-state index contributed by atoms with van der Waals surface area (Å²) in [7, 11) is 0. The Bertz CT molecular complexity index is 934. The van der Waals surface area contributed by atoms with Crippen molar-refractivity contribution in [1.82, 2.24) is 14.8 Å². The Morgan fingerprint density at radius 3 is 2.58 bits per heavy atom. The molecule has 0 saturated heterocycles. The second-order valence-electron chi connectivity index (χ2n) is 5.40. The van der Waals surface area contributed by atoms with Crippen molar-refractivity contribution in [3.63, 3.8) is 0 Å². The van der Waals surface area contributed by atoms with Crippen molar-refractivity contribution in [1.29, 1.82) is 0 Å². The van der Waals surface area contributed by atoms with Crippen molar-refractivity contribution < 1.29 is 17.9 Å². The number of nitroso groups, excluding NO2 is 1. The number of alkyl halides is 3. The first-order valence-electron chi connectivity index (χ1n) is 7.58. The Balaban J connectivity index is 1.84. The zero-order chi connectivity index (χ0) is 18.9. The van der Waals surface area contributed by atoms with Crippen LogP contribution in [0.25, 0.3) is 10.6 Å². The lowest BCUT2D eigenvalue weighted by Gasteiger charge is -2.00. The van der Waals surface area contributed by atoms with E-state index in [1.165, 1.54) is 10.9 Å². The smallest absolute Gasteiger partial charge is 0.264 e. The predicted octanol–water partition coefficient (Wildman–Crippen LogP) is 5.31. The number of hydrogen-bond acceptors (Lipinski definition) is 4. The quantitative estimate of drug-likeness (QED) is 0.544. The van der Waals surface area contributed by atoms with E-state index in [-0.39, 0.29) is 23.9 Å². The van der Waals surface area contributed by atoms with E-state index in [1.54, 1.807) is 31.2 Å². The molecular formula is C16H13ClF3N4OS+. The summed E-state index contributed by atoms with van der Waals surface area (Å²) in [6, 6.07) is 7.77. The third-order valence-corrected chi connectivity index (χ3v) is 4.85. The highest BCUT2D eigenvalue weighted by atomic mass is 35.5. The van der Waals surface area contributed by atoms with Gasteiger partial charge < -0.3 is 0 Å². The number of benzene rings is 1. The van der Waals surface area contributed by atoms with Gasteiger partial charge in [0.2, 0.25) is 0 Å². The highest BCUT2D eigenvalue weighted by Crippen LogP contribution is 2.35. The molecule has 0 fully saturated rings. The monoisotopic (exact) mass is 401 g/mol. The molecule has 0 unspecified atom stereocenters. The number of nitrogens with zero attached hydrogens (tertiary/aromatic N) is 4. The van der Waals surface area contributed by atoms with E-state index < -0.39 is 11.9 Å². The maximum Gasteiger partial charge on any atom is 0.435 e. The molecule has 10 heteroatoms. The maximum absolute atomic E-state index is 12.9. The van der Waals surface area contributed by atoms with Gasteiger partial charge in [-0.1, -0.05) is 28.6 Å². The van der Waals surface area contributed by atoms with Gasteiger partial charge in [-0.3, -0.25) is 4.68 Å². The molecule has 2 heterocycles. The van der Waals surface area contributed by atoms with E-state index in [9.17, 15) is 18.1 Å². The summed E-state index contributed by atoms with van der Waals surface area (Å²) >= 11 is 6.83. The molecular weight excluding hydrogens is 389 g/mol. The Morgan fingerprint density at radius 1 is 1.27 bits per heavy atom. The minimum absolute atomic E-state index is 0.0605. The van der Waals surface area contributed by atoms with Crippen LogP contribution in [0.3, 0.4) is 0 Å². The molecule has 0 bridgehead atoms. The summed E-state index contributed by atoms with van der Waals surface area (Å²) in [6.07, 6.45) is -3.14. The molecule has 3 aromatic rings. The fraction of sp³-hybridized carbons (Fsp3) is 0.250. The topological polar surface area (TPSA) is 50.8 Å². The molecule has 0 aliphatic carbocycles. The molecule has 0 N–H and O–H groups in total. The summed E-state index contributed by atoms with van der Waals surface area (Å²) in [5, 5.41) is 4.30. The van der Waals surface area contributed by atoms with Crippen LogP contribution >= 0.6 is 22.9 Å². The van der Waals surface area contributed by atoms with Crippen LogP contribution in [0, 0.1) is 4.91 Å². The standard InChI is InChI=1S/C16H13ClF3N4OS/c1-2-23-12(7-14(22-23)16(18,19)20)13-8-21-15(26-13)24(25)9-10-3-5-11(17)6-4-10/h3-8H,2,9H2,1H3/q+1. The summed E-state index contributed by atoms with van der Waals surface area (Å²) in [5.74, 6) is 0. The van der Waals surface area contributed by atoms with Crippen molar-refractivity contribution in [2.45, 2.75) is 26.2 Å². The van der Waals surface area contributed by atoms with Gasteiger partial charge in [-0.15, -0.1) is 0 Å². The van der Waals surface area contributed by atoms with Crippen LogP contribution in [0.5, 0.6) is 0 Å². The summed E-state index contributed by atoms with van der Waals surface area (Å²) in [4.78, 5) is 16.8. The second kappa shape index (κ2) is 7.16. The van der Waals surface area contributed by atoms with Crippen molar-refractivity contribution in [2.75, 3.05) is 0 Å². The predicted molar refractivity (Wildman–Crippen MR) is 92.5 cm³/mol. The van der Waals surface area contributed by atoms with Gasteiger partial charge >= 0.3 is 11.3 Å². The van der Waals surface area contributed by atoms with Crippen LogP contribution < -0.4 is 0 Å². The summed E-state index contributed by atoms with van der Waals surface area (Å²) < 4.78 is 40.6. The minimum Gasteiger partial charge on any atom is -0.264 e.